The van der Waals surface area contributed by atoms with Gasteiger partial charge in [-0.15, -0.1) is 0 Å². The zero-order valence-electron chi connectivity index (χ0n) is 15.9. The summed E-state index contributed by atoms with van der Waals surface area (Å²) in [5.74, 6) is 0.329. The minimum absolute atomic E-state index is 0.205. The number of methoxy groups -OCH3 is 1. The molecule has 0 saturated heterocycles. The Morgan fingerprint density at radius 2 is 1.79 bits per heavy atom. The number of anilines is 2. The van der Waals surface area contributed by atoms with Crippen LogP contribution in [0.4, 0.5) is 11.4 Å². The van der Waals surface area contributed by atoms with Gasteiger partial charge in [0, 0.05) is 17.7 Å². The van der Waals surface area contributed by atoms with E-state index in [0.29, 0.717) is 17.2 Å². The number of carboxylic acid groups (broad SMARTS) is 1. The molecule has 0 aliphatic carbocycles. The molecular weight excluding hydrogens is 354 g/mol. The van der Waals surface area contributed by atoms with Gasteiger partial charge in [-0.25, -0.2) is 4.79 Å². The van der Waals surface area contributed by atoms with Gasteiger partial charge in [-0.2, -0.15) is 0 Å². The SMILES string of the molecule is COc1cc(Nc2cc3ccccc3cc2C(=O)O)c2c(c1)OC(C)(C)C=C2. The molecule has 3 aromatic carbocycles. The van der Waals surface area contributed by atoms with E-state index < -0.39 is 11.6 Å². The zero-order chi connectivity index (χ0) is 19.9. The molecule has 0 unspecified atom stereocenters. The van der Waals surface area contributed by atoms with Crippen molar-refractivity contribution in [2.75, 3.05) is 12.4 Å². The Hall–Kier alpha value is -3.47. The van der Waals surface area contributed by atoms with Crippen LogP contribution < -0.4 is 14.8 Å². The normalized spacial score (nSPS) is 14.2. The summed E-state index contributed by atoms with van der Waals surface area (Å²) in [5, 5.41) is 14.8. The Morgan fingerprint density at radius 3 is 2.46 bits per heavy atom. The van der Waals surface area contributed by atoms with Crippen molar-refractivity contribution in [3.8, 4) is 11.5 Å². The Balaban J connectivity index is 1.85. The number of nitrogens with one attached hydrogen (secondary N) is 1. The van der Waals surface area contributed by atoms with Gasteiger partial charge in [0.05, 0.1) is 24.0 Å². The zero-order valence-corrected chi connectivity index (χ0v) is 15.9. The van der Waals surface area contributed by atoms with Crippen molar-refractivity contribution >= 4 is 34.2 Å². The highest BCUT2D eigenvalue weighted by Gasteiger charge is 2.25. The molecule has 0 saturated carbocycles. The van der Waals surface area contributed by atoms with Crippen LogP contribution >= 0.6 is 0 Å². The first-order valence-electron chi connectivity index (χ1n) is 9.00. The van der Waals surface area contributed by atoms with Crippen LogP contribution in [0.5, 0.6) is 11.5 Å². The lowest BCUT2D eigenvalue weighted by Gasteiger charge is -2.29. The number of ether oxygens (including phenoxy) is 2. The van der Waals surface area contributed by atoms with Crippen LogP contribution in [0.25, 0.3) is 16.8 Å². The van der Waals surface area contributed by atoms with E-state index in [-0.39, 0.29) is 5.56 Å². The summed E-state index contributed by atoms with van der Waals surface area (Å²) in [5.41, 5.74) is 1.87. The fourth-order valence-electron chi connectivity index (χ4n) is 3.35. The standard InChI is InChI=1S/C23H21NO4/c1-23(2)9-8-17-20(12-16(27-3)13-21(17)28-23)24-19-11-15-7-5-4-6-14(15)10-18(19)22(25)26/h4-13,24H,1-3H3,(H,25,26). The molecule has 1 heterocycles. The van der Waals surface area contributed by atoms with E-state index in [1.54, 1.807) is 13.2 Å². The van der Waals surface area contributed by atoms with Crippen LogP contribution in [-0.2, 0) is 0 Å². The van der Waals surface area contributed by atoms with Crippen molar-refractivity contribution < 1.29 is 19.4 Å². The van der Waals surface area contributed by atoms with Crippen molar-refractivity contribution in [3.05, 3.63) is 65.7 Å². The summed E-state index contributed by atoms with van der Waals surface area (Å²) in [6.45, 7) is 3.95. The van der Waals surface area contributed by atoms with E-state index in [1.165, 1.54) is 0 Å². The second-order valence-corrected chi connectivity index (χ2v) is 7.30. The van der Waals surface area contributed by atoms with Crippen LogP contribution in [0.3, 0.4) is 0 Å². The molecular formula is C23H21NO4. The number of carboxylic acids is 1. The average molecular weight is 375 g/mol. The van der Waals surface area contributed by atoms with Gasteiger partial charge in [0.2, 0.25) is 0 Å². The Bertz CT molecular complexity index is 1120. The third-order valence-electron chi connectivity index (χ3n) is 4.76. The molecule has 28 heavy (non-hydrogen) atoms. The largest absolute Gasteiger partial charge is 0.497 e. The number of benzene rings is 3. The minimum Gasteiger partial charge on any atom is -0.497 e. The van der Waals surface area contributed by atoms with E-state index in [2.05, 4.69) is 5.32 Å². The molecule has 1 aliphatic heterocycles. The van der Waals surface area contributed by atoms with Crippen molar-refractivity contribution in [2.45, 2.75) is 19.4 Å². The Kier molecular flexibility index (Phi) is 4.23. The van der Waals surface area contributed by atoms with Crippen LogP contribution in [0.1, 0.15) is 29.8 Å². The highest BCUT2D eigenvalue weighted by Crippen LogP contribution is 2.40. The summed E-state index contributed by atoms with van der Waals surface area (Å²) in [7, 11) is 1.59. The minimum atomic E-state index is -0.988. The van der Waals surface area contributed by atoms with Crippen molar-refractivity contribution in [3.63, 3.8) is 0 Å². The quantitative estimate of drug-likeness (QED) is 0.632. The molecule has 1 aliphatic rings. The molecule has 0 bridgehead atoms. The van der Waals surface area contributed by atoms with E-state index >= 15 is 0 Å². The highest BCUT2D eigenvalue weighted by molar-refractivity contribution is 6.02. The first-order chi connectivity index (χ1) is 13.4. The van der Waals surface area contributed by atoms with Gasteiger partial charge >= 0.3 is 5.97 Å². The predicted molar refractivity (Wildman–Crippen MR) is 111 cm³/mol. The molecule has 5 heteroatoms. The number of carbonyl (C=O) groups is 1. The fourth-order valence-corrected chi connectivity index (χ4v) is 3.35. The number of hydrogen-bond acceptors (Lipinski definition) is 4. The molecule has 0 aromatic heterocycles. The maximum Gasteiger partial charge on any atom is 0.337 e. The first-order valence-corrected chi connectivity index (χ1v) is 9.00. The molecule has 142 valence electrons. The van der Waals surface area contributed by atoms with E-state index in [1.807, 2.05) is 68.5 Å². The fraction of sp³-hybridized carbons (Fsp3) is 0.174. The van der Waals surface area contributed by atoms with Crippen LogP contribution in [0.15, 0.2) is 54.6 Å². The molecule has 0 radical (unpaired) electrons. The van der Waals surface area contributed by atoms with E-state index in [4.69, 9.17) is 9.47 Å². The van der Waals surface area contributed by atoms with Gasteiger partial charge in [0.1, 0.15) is 17.1 Å². The smallest absolute Gasteiger partial charge is 0.337 e. The van der Waals surface area contributed by atoms with Gasteiger partial charge in [-0.05, 0) is 48.9 Å². The molecule has 0 amide bonds. The lowest BCUT2D eigenvalue weighted by molar-refractivity contribution is 0.0698. The van der Waals surface area contributed by atoms with Crippen LogP contribution in [0, 0.1) is 0 Å². The maximum absolute atomic E-state index is 11.8. The lowest BCUT2D eigenvalue weighted by Crippen LogP contribution is -2.27. The summed E-state index contributed by atoms with van der Waals surface area (Å²) < 4.78 is 11.5. The summed E-state index contributed by atoms with van der Waals surface area (Å²) in [6, 6.07) is 14.9. The first kappa shape index (κ1) is 17.9. The Labute approximate surface area is 163 Å². The number of rotatable bonds is 4. The van der Waals surface area contributed by atoms with Gasteiger partial charge in [0.25, 0.3) is 0 Å². The van der Waals surface area contributed by atoms with Crippen molar-refractivity contribution in [1.29, 1.82) is 0 Å². The third-order valence-corrected chi connectivity index (χ3v) is 4.76. The molecule has 2 N–H and O–H groups in total. The van der Waals surface area contributed by atoms with Crippen molar-refractivity contribution in [2.24, 2.45) is 0 Å². The lowest BCUT2D eigenvalue weighted by atomic mass is 10.00. The van der Waals surface area contributed by atoms with Crippen molar-refractivity contribution in [1.82, 2.24) is 0 Å². The van der Waals surface area contributed by atoms with Gasteiger partial charge < -0.3 is 19.9 Å². The number of hydrogen-bond donors (Lipinski definition) is 2. The van der Waals surface area contributed by atoms with Gasteiger partial charge in [-0.1, -0.05) is 24.3 Å². The summed E-state index contributed by atoms with van der Waals surface area (Å²) in [4.78, 5) is 11.8. The topological polar surface area (TPSA) is 67.8 Å². The van der Waals surface area contributed by atoms with Crippen LogP contribution in [0.2, 0.25) is 0 Å². The molecule has 3 aromatic rings. The molecule has 4 rings (SSSR count). The van der Waals surface area contributed by atoms with Crippen LogP contribution in [-0.4, -0.2) is 23.8 Å². The van der Waals surface area contributed by atoms with Gasteiger partial charge in [0.15, 0.2) is 0 Å². The molecule has 0 fully saturated rings. The summed E-state index contributed by atoms with van der Waals surface area (Å²) in [6.07, 6.45) is 3.97. The third kappa shape index (κ3) is 3.27. The highest BCUT2D eigenvalue weighted by atomic mass is 16.5. The summed E-state index contributed by atoms with van der Waals surface area (Å²) >= 11 is 0. The maximum atomic E-state index is 11.8. The monoisotopic (exact) mass is 375 g/mol. The molecule has 0 spiro atoms. The molecule has 0 atom stereocenters. The Morgan fingerprint density at radius 1 is 1.07 bits per heavy atom. The predicted octanol–water partition coefficient (Wildman–Crippen LogP) is 5.47. The number of fused-ring (bicyclic) bond motifs is 2. The van der Waals surface area contributed by atoms with E-state index in [9.17, 15) is 9.90 Å². The second kappa shape index (κ2) is 6.60. The number of aromatic carboxylic acids is 1. The molecule has 5 nitrogen and oxygen atoms in total. The average Bonchev–Trinajstić information content (AvgIpc) is 2.66. The second-order valence-electron chi connectivity index (χ2n) is 7.30. The van der Waals surface area contributed by atoms with Gasteiger partial charge in [-0.3, -0.25) is 0 Å². The van der Waals surface area contributed by atoms with E-state index in [0.717, 1.165) is 22.0 Å².